The third-order valence-electron chi connectivity index (χ3n) is 6.71. The number of hydrogen-bond acceptors (Lipinski definition) is 5. The molecule has 1 fully saturated rings. The topological polar surface area (TPSA) is 54.0 Å². The molecule has 33 heavy (non-hydrogen) atoms. The van der Waals surface area contributed by atoms with E-state index in [1.54, 1.807) is 7.11 Å². The van der Waals surface area contributed by atoms with Gasteiger partial charge in [0.2, 0.25) is 0 Å². The summed E-state index contributed by atoms with van der Waals surface area (Å²) in [5, 5.41) is 0. The molecule has 1 atom stereocenters. The molecule has 0 amide bonds. The first-order valence-corrected chi connectivity index (χ1v) is 12.2. The molecule has 2 aliphatic rings. The highest BCUT2D eigenvalue weighted by molar-refractivity contribution is 5.96. The Morgan fingerprint density at radius 3 is 2.58 bits per heavy atom. The van der Waals surface area contributed by atoms with Gasteiger partial charge in [-0.25, -0.2) is 4.79 Å². The third kappa shape index (κ3) is 5.13. The first-order valence-electron chi connectivity index (χ1n) is 12.2. The van der Waals surface area contributed by atoms with Crippen molar-refractivity contribution in [1.29, 1.82) is 0 Å². The van der Waals surface area contributed by atoms with Gasteiger partial charge < -0.3 is 18.9 Å². The van der Waals surface area contributed by atoms with Crippen molar-refractivity contribution in [3.8, 4) is 23.0 Å². The smallest absolute Gasteiger partial charge is 0.346 e. The van der Waals surface area contributed by atoms with Gasteiger partial charge in [0.05, 0.1) is 13.7 Å². The van der Waals surface area contributed by atoms with E-state index in [9.17, 15) is 4.79 Å². The second-order valence-electron chi connectivity index (χ2n) is 9.98. The molecule has 0 N–H and O–H groups in total. The van der Waals surface area contributed by atoms with Gasteiger partial charge in [-0.3, -0.25) is 0 Å². The Kier molecular flexibility index (Phi) is 7.16. The zero-order chi connectivity index (χ0) is 23.5. The lowest BCUT2D eigenvalue weighted by molar-refractivity contribution is 0.0454. The second kappa shape index (κ2) is 10.1. The lowest BCUT2D eigenvalue weighted by Gasteiger charge is -2.25. The summed E-state index contributed by atoms with van der Waals surface area (Å²) in [6.07, 6.45) is 5.97. The predicted molar refractivity (Wildman–Crippen MR) is 129 cm³/mol. The molecule has 5 nitrogen and oxygen atoms in total. The van der Waals surface area contributed by atoms with Gasteiger partial charge in [0.1, 0.15) is 23.7 Å². The number of cyclic esters (lactones) is 1. The Labute approximate surface area is 197 Å². The number of esters is 1. The minimum atomic E-state index is -0.430. The summed E-state index contributed by atoms with van der Waals surface area (Å²) < 4.78 is 24.2. The number of ether oxygens (including phenoxy) is 4. The van der Waals surface area contributed by atoms with Gasteiger partial charge in [-0.05, 0) is 73.3 Å². The summed E-state index contributed by atoms with van der Waals surface area (Å²) in [5.74, 6) is 3.23. The molecule has 0 bridgehead atoms. The monoisotopic (exact) mass is 452 g/mol. The van der Waals surface area contributed by atoms with Gasteiger partial charge in [-0.2, -0.15) is 0 Å². The van der Waals surface area contributed by atoms with Crippen LogP contribution in [0.15, 0.2) is 24.3 Å². The summed E-state index contributed by atoms with van der Waals surface area (Å²) in [7, 11) is 1.60. The molecule has 4 rings (SSSR count). The van der Waals surface area contributed by atoms with E-state index in [4.69, 9.17) is 18.9 Å². The molecular weight excluding hydrogens is 416 g/mol. The van der Waals surface area contributed by atoms with Crippen LogP contribution in [0.4, 0.5) is 0 Å². The highest BCUT2D eigenvalue weighted by atomic mass is 16.6. The maximum absolute atomic E-state index is 13.1. The summed E-state index contributed by atoms with van der Waals surface area (Å²) >= 11 is 0. The Hall–Kier alpha value is -2.69. The zero-order valence-electron chi connectivity index (χ0n) is 20.5. The van der Waals surface area contributed by atoms with E-state index in [0.717, 1.165) is 23.1 Å². The van der Waals surface area contributed by atoms with Crippen molar-refractivity contribution in [2.24, 2.45) is 11.8 Å². The fourth-order valence-corrected chi connectivity index (χ4v) is 5.15. The molecule has 2 aromatic rings. The molecule has 1 aliphatic heterocycles. The first-order chi connectivity index (χ1) is 15.9. The van der Waals surface area contributed by atoms with E-state index in [2.05, 4.69) is 20.8 Å². The van der Waals surface area contributed by atoms with Crippen molar-refractivity contribution in [1.82, 2.24) is 0 Å². The molecule has 1 saturated carbocycles. The predicted octanol–water partition coefficient (Wildman–Crippen LogP) is 7.18. The molecule has 0 radical (unpaired) electrons. The van der Waals surface area contributed by atoms with Crippen molar-refractivity contribution in [2.75, 3.05) is 13.7 Å². The van der Waals surface area contributed by atoms with Crippen LogP contribution in [0.2, 0.25) is 0 Å². The number of benzene rings is 2. The number of rotatable bonds is 7. The van der Waals surface area contributed by atoms with Crippen LogP contribution >= 0.6 is 0 Å². The maximum atomic E-state index is 13.1. The summed E-state index contributed by atoms with van der Waals surface area (Å²) in [5.41, 5.74) is 3.20. The van der Waals surface area contributed by atoms with Gasteiger partial charge in [0.15, 0.2) is 11.5 Å². The van der Waals surface area contributed by atoms with Crippen molar-refractivity contribution < 1.29 is 23.7 Å². The van der Waals surface area contributed by atoms with Gasteiger partial charge >= 0.3 is 5.97 Å². The van der Waals surface area contributed by atoms with Crippen LogP contribution in [-0.2, 0) is 11.3 Å². The minimum absolute atomic E-state index is 0.129. The summed E-state index contributed by atoms with van der Waals surface area (Å²) in [6.45, 7) is 9.37. The maximum Gasteiger partial charge on any atom is 0.346 e. The highest BCUT2D eigenvalue weighted by Crippen LogP contribution is 2.45. The molecule has 2 aromatic carbocycles. The molecule has 0 aromatic heterocycles. The third-order valence-corrected chi connectivity index (χ3v) is 6.71. The average molecular weight is 453 g/mol. The largest absolute Gasteiger partial charge is 0.495 e. The van der Waals surface area contributed by atoms with Gasteiger partial charge in [-0.1, -0.05) is 39.7 Å². The normalized spacial score (nSPS) is 16.8. The van der Waals surface area contributed by atoms with Crippen molar-refractivity contribution in [3.05, 3.63) is 46.5 Å². The number of hydrogen-bond donors (Lipinski definition) is 0. The highest BCUT2D eigenvalue weighted by Gasteiger charge is 2.30. The van der Waals surface area contributed by atoms with Crippen LogP contribution in [0.1, 0.15) is 85.8 Å². The van der Waals surface area contributed by atoms with E-state index in [-0.39, 0.29) is 12.5 Å². The van der Waals surface area contributed by atoms with Crippen LogP contribution in [0, 0.1) is 18.8 Å². The van der Waals surface area contributed by atoms with E-state index >= 15 is 0 Å². The summed E-state index contributed by atoms with van der Waals surface area (Å²) in [6, 6.07) is 7.87. The first kappa shape index (κ1) is 23.5. The van der Waals surface area contributed by atoms with E-state index in [1.165, 1.54) is 25.7 Å². The molecular formula is C28H36O5. The Bertz CT molecular complexity index is 1000. The van der Waals surface area contributed by atoms with Gasteiger partial charge in [0, 0.05) is 5.56 Å². The molecule has 1 heterocycles. The lowest BCUT2D eigenvalue weighted by Crippen LogP contribution is -2.15. The fourth-order valence-electron chi connectivity index (χ4n) is 5.15. The van der Waals surface area contributed by atoms with E-state index in [1.807, 2.05) is 31.2 Å². The standard InChI is InChI=1S/C28H36O5/c1-17(2)12-19(4)22-10-11-23-25(27(22)30-5)28(29)32-16-21-13-18(3)14-24(26(21)33-23)31-15-20-8-6-7-9-20/h10-11,13-14,17,19-20H,6-9,12,15-16H2,1-5H3/t19-/m0/s1. The van der Waals surface area contributed by atoms with Crippen LogP contribution in [0.25, 0.3) is 0 Å². The Morgan fingerprint density at radius 1 is 1.12 bits per heavy atom. The van der Waals surface area contributed by atoms with Crippen molar-refractivity contribution in [2.45, 2.75) is 72.3 Å². The molecule has 5 heteroatoms. The average Bonchev–Trinajstić information content (AvgIpc) is 3.29. The van der Waals surface area contributed by atoms with Crippen LogP contribution in [0.5, 0.6) is 23.0 Å². The van der Waals surface area contributed by atoms with Crippen LogP contribution < -0.4 is 14.2 Å². The molecule has 178 valence electrons. The van der Waals surface area contributed by atoms with Crippen molar-refractivity contribution in [3.63, 3.8) is 0 Å². The zero-order valence-corrected chi connectivity index (χ0v) is 20.5. The van der Waals surface area contributed by atoms with Gasteiger partial charge in [0.25, 0.3) is 0 Å². The van der Waals surface area contributed by atoms with Crippen LogP contribution in [-0.4, -0.2) is 19.7 Å². The number of carbonyl (C=O) groups excluding carboxylic acids is 1. The summed E-state index contributed by atoms with van der Waals surface area (Å²) in [4.78, 5) is 13.1. The molecule has 0 spiro atoms. The molecule has 1 aliphatic carbocycles. The molecule has 0 unspecified atom stereocenters. The number of aryl methyl sites for hydroxylation is 1. The van der Waals surface area contributed by atoms with Crippen LogP contribution in [0.3, 0.4) is 0 Å². The van der Waals surface area contributed by atoms with E-state index in [0.29, 0.717) is 47.0 Å². The number of carbonyl (C=O) groups is 1. The Balaban J connectivity index is 1.72. The Morgan fingerprint density at radius 2 is 1.88 bits per heavy atom. The van der Waals surface area contributed by atoms with E-state index < -0.39 is 5.97 Å². The van der Waals surface area contributed by atoms with Gasteiger partial charge in [-0.15, -0.1) is 0 Å². The van der Waals surface area contributed by atoms with Crippen molar-refractivity contribution >= 4 is 5.97 Å². The quantitative estimate of drug-likeness (QED) is 0.416. The molecule has 0 saturated heterocycles. The lowest BCUT2D eigenvalue weighted by atomic mass is 9.89. The second-order valence-corrected chi connectivity index (χ2v) is 9.98. The minimum Gasteiger partial charge on any atom is -0.495 e. The number of methoxy groups -OCH3 is 1. The fraction of sp³-hybridized carbons (Fsp3) is 0.536. The number of fused-ring (bicyclic) bond motifs is 2. The SMILES string of the molecule is COc1c([C@@H](C)CC(C)C)ccc2c1C(=O)OCc1cc(C)cc(OCC3CCCC3)c1O2.